The molecule has 2 aromatic carbocycles. The van der Waals surface area contributed by atoms with E-state index in [1.54, 1.807) is 31.5 Å². The van der Waals surface area contributed by atoms with Crippen LogP contribution in [0.25, 0.3) is 11.1 Å². The third kappa shape index (κ3) is 6.39. The van der Waals surface area contributed by atoms with E-state index in [4.69, 9.17) is 0 Å². The number of hydrogen-bond donors (Lipinski definition) is 2. The van der Waals surface area contributed by atoms with Gasteiger partial charge < -0.3 is 5.32 Å². The highest BCUT2D eigenvalue weighted by Crippen LogP contribution is 2.19. The van der Waals surface area contributed by atoms with Gasteiger partial charge in [0.05, 0.1) is 24.7 Å². The van der Waals surface area contributed by atoms with Gasteiger partial charge in [0.15, 0.2) is 0 Å². The lowest BCUT2D eigenvalue weighted by Gasteiger charge is -2.06. The van der Waals surface area contributed by atoms with E-state index >= 15 is 0 Å². The van der Waals surface area contributed by atoms with Gasteiger partial charge in [0.25, 0.3) is 0 Å². The van der Waals surface area contributed by atoms with Gasteiger partial charge in [0.2, 0.25) is 11.8 Å². The van der Waals surface area contributed by atoms with E-state index in [9.17, 15) is 9.59 Å². The van der Waals surface area contributed by atoms with Gasteiger partial charge in [-0.15, -0.1) is 0 Å². The lowest BCUT2D eigenvalue weighted by molar-refractivity contribution is -0.120. The molecule has 0 aliphatic rings. The van der Waals surface area contributed by atoms with Gasteiger partial charge in [-0.3, -0.25) is 14.6 Å². The molecular weight excluding hydrogens is 364 g/mol. The predicted molar refractivity (Wildman–Crippen MR) is 114 cm³/mol. The van der Waals surface area contributed by atoms with E-state index in [0.29, 0.717) is 11.4 Å². The lowest BCUT2D eigenvalue weighted by atomic mass is 10.0. The van der Waals surface area contributed by atoms with Crippen molar-refractivity contribution in [2.45, 2.75) is 19.8 Å². The Morgan fingerprint density at radius 3 is 2.31 bits per heavy atom. The molecule has 3 rings (SSSR count). The third-order valence-electron chi connectivity index (χ3n) is 4.16. The van der Waals surface area contributed by atoms with Gasteiger partial charge in [-0.25, -0.2) is 5.43 Å². The maximum Gasteiger partial charge on any atom is 0.244 e. The van der Waals surface area contributed by atoms with E-state index in [1.165, 1.54) is 0 Å². The maximum atomic E-state index is 12.1. The van der Waals surface area contributed by atoms with E-state index in [-0.39, 0.29) is 24.7 Å². The Balaban J connectivity index is 1.48. The number of aromatic nitrogens is 1. The van der Waals surface area contributed by atoms with E-state index in [2.05, 4.69) is 20.8 Å². The number of nitrogens with zero attached hydrogens (tertiary/aromatic N) is 2. The second kappa shape index (κ2) is 9.94. The van der Waals surface area contributed by atoms with Crippen molar-refractivity contribution < 1.29 is 9.59 Å². The highest BCUT2D eigenvalue weighted by Gasteiger charge is 2.07. The lowest BCUT2D eigenvalue weighted by Crippen LogP contribution is -2.22. The van der Waals surface area contributed by atoms with Crippen LogP contribution in [0.4, 0.5) is 5.69 Å². The summed E-state index contributed by atoms with van der Waals surface area (Å²) in [7, 11) is 0. The van der Waals surface area contributed by atoms with Crippen molar-refractivity contribution in [3.63, 3.8) is 0 Å². The van der Waals surface area contributed by atoms with Crippen LogP contribution in [0.2, 0.25) is 0 Å². The Kier molecular flexibility index (Phi) is 6.84. The molecule has 0 saturated carbocycles. The molecular formula is C23H22N4O2. The highest BCUT2D eigenvalue weighted by molar-refractivity contribution is 6.05. The predicted octanol–water partition coefficient (Wildman–Crippen LogP) is 3.81. The smallest absolute Gasteiger partial charge is 0.244 e. The molecule has 29 heavy (non-hydrogen) atoms. The fourth-order valence-electron chi connectivity index (χ4n) is 2.74. The van der Waals surface area contributed by atoms with Crippen LogP contribution < -0.4 is 10.7 Å². The summed E-state index contributed by atoms with van der Waals surface area (Å²) in [6, 6.07) is 21.4. The zero-order valence-electron chi connectivity index (χ0n) is 16.1. The number of hydrazone groups is 1. The first-order valence-electron chi connectivity index (χ1n) is 9.26. The van der Waals surface area contributed by atoms with Gasteiger partial charge in [-0.1, -0.05) is 54.6 Å². The third-order valence-corrected chi connectivity index (χ3v) is 4.16. The molecule has 0 fully saturated rings. The monoisotopic (exact) mass is 386 g/mol. The van der Waals surface area contributed by atoms with E-state index in [0.717, 1.165) is 16.7 Å². The van der Waals surface area contributed by atoms with Crippen molar-refractivity contribution in [3.8, 4) is 11.1 Å². The molecule has 2 amide bonds. The van der Waals surface area contributed by atoms with Crippen molar-refractivity contribution in [2.75, 3.05) is 5.32 Å². The van der Waals surface area contributed by atoms with Crippen molar-refractivity contribution in [1.29, 1.82) is 0 Å². The summed E-state index contributed by atoms with van der Waals surface area (Å²) >= 11 is 0. The van der Waals surface area contributed by atoms with Crippen molar-refractivity contribution in [2.24, 2.45) is 5.10 Å². The molecule has 2 N–H and O–H groups in total. The molecule has 3 aromatic rings. The normalized spacial score (nSPS) is 11.0. The van der Waals surface area contributed by atoms with Crippen molar-refractivity contribution in [3.05, 3.63) is 84.7 Å². The number of carbonyl (C=O) groups is 2. The number of amides is 2. The van der Waals surface area contributed by atoms with E-state index in [1.807, 2.05) is 54.6 Å². The van der Waals surface area contributed by atoms with Crippen molar-refractivity contribution >= 4 is 23.2 Å². The largest absolute Gasteiger partial charge is 0.324 e. The summed E-state index contributed by atoms with van der Waals surface area (Å²) in [5.41, 5.74) is 6.76. The minimum atomic E-state index is -0.232. The average molecular weight is 386 g/mol. The van der Waals surface area contributed by atoms with Gasteiger partial charge in [0.1, 0.15) is 0 Å². The van der Waals surface area contributed by atoms with Crippen LogP contribution in [0.5, 0.6) is 0 Å². The molecule has 6 nitrogen and oxygen atoms in total. The molecule has 0 saturated heterocycles. The van der Waals surface area contributed by atoms with Crippen LogP contribution in [-0.2, 0) is 16.0 Å². The van der Waals surface area contributed by atoms with Gasteiger partial charge in [-0.05, 0) is 35.7 Å². The van der Waals surface area contributed by atoms with Crippen LogP contribution in [0.3, 0.4) is 0 Å². The first kappa shape index (κ1) is 19.9. The van der Waals surface area contributed by atoms with Crippen LogP contribution >= 0.6 is 0 Å². The number of hydrogen-bond acceptors (Lipinski definition) is 4. The number of rotatable bonds is 7. The Bertz CT molecular complexity index is 984. The van der Waals surface area contributed by atoms with Crippen LogP contribution in [0.15, 0.2) is 84.2 Å². The summed E-state index contributed by atoms with van der Waals surface area (Å²) in [5.74, 6) is -0.450. The minimum absolute atomic E-state index is 0.0843. The summed E-state index contributed by atoms with van der Waals surface area (Å²) in [4.78, 5) is 28.0. The van der Waals surface area contributed by atoms with Gasteiger partial charge in [-0.2, -0.15) is 5.10 Å². The summed E-state index contributed by atoms with van der Waals surface area (Å²) in [6.07, 6.45) is 3.50. The molecule has 1 aromatic heterocycles. The zero-order chi connectivity index (χ0) is 20.5. The first-order chi connectivity index (χ1) is 14.1. The zero-order valence-corrected chi connectivity index (χ0v) is 16.1. The molecule has 6 heteroatoms. The Labute approximate surface area is 169 Å². The highest BCUT2D eigenvalue weighted by atomic mass is 16.2. The first-order valence-corrected chi connectivity index (χ1v) is 9.26. The number of nitrogens with one attached hydrogen (secondary N) is 2. The summed E-state index contributed by atoms with van der Waals surface area (Å²) in [6.45, 7) is 1.69. The molecule has 0 atom stereocenters. The SMILES string of the molecule is C/C(CC(=O)Nc1cccnc1)=N\NC(=O)Cc1ccc(-c2ccccc2)cc1. The molecule has 1 heterocycles. The fourth-order valence-corrected chi connectivity index (χ4v) is 2.74. The summed E-state index contributed by atoms with van der Waals surface area (Å²) in [5, 5.41) is 6.73. The Morgan fingerprint density at radius 1 is 0.897 bits per heavy atom. The second-order valence-corrected chi connectivity index (χ2v) is 6.59. The molecule has 0 bridgehead atoms. The Hall–Kier alpha value is -3.80. The quantitative estimate of drug-likeness (QED) is 0.478. The number of anilines is 1. The van der Waals surface area contributed by atoms with Crippen LogP contribution in [-0.4, -0.2) is 22.5 Å². The number of pyridine rings is 1. The van der Waals surface area contributed by atoms with Gasteiger partial charge >= 0.3 is 0 Å². The number of benzene rings is 2. The van der Waals surface area contributed by atoms with Crippen LogP contribution in [0, 0.1) is 0 Å². The minimum Gasteiger partial charge on any atom is -0.324 e. The topological polar surface area (TPSA) is 83.4 Å². The van der Waals surface area contributed by atoms with E-state index < -0.39 is 0 Å². The fraction of sp³-hybridized carbons (Fsp3) is 0.130. The van der Waals surface area contributed by atoms with Gasteiger partial charge in [0, 0.05) is 11.9 Å². The standard InChI is InChI=1S/C23H22N4O2/c1-17(14-22(28)25-21-8-5-13-24-16-21)26-27-23(29)15-18-9-11-20(12-10-18)19-6-3-2-4-7-19/h2-13,16H,14-15H2,1H3,(H,25,28)(H,27,29)/b26-17+. The number of carbonyl (C=O) groups excluding carboxylic acids is 2. The molecule has 0 unspecified atom stereocenters. The molecule has 146 valence electrons. The molecule has 0 spiro atoms. The molecule has 0 radical (unpaired) electrons. The molecule has 0 aliphatic carbocycles. The second-order valence-electron chi connectivity index (χ2n) is 6.59. The summed E-state index contributed by atoms with van der Waals surface area (Å²) < 4.78 is 0. The maximum absolute atomic E-state index is 12.1. The Morgan fingerprint density at radius 2 is 1.62 bits per heavy atom. The van der Waals surface area contributed by atoms with Crippen molar-refractivity contribution in [1.82, 2.24) is 10.4 Å². The molecule has 0 aliphatic heterocycles. The average Bonchev–Trinajstić information content (AvgIpc) is 2.74. The van der Waals surface area contributed by atoms with Crippen LogP contribution in [0.1, 0.15) is 18.9 Å².